The number of ether oxygens (including phenoxy) is 1. The van der Waals surface area contributed by atoms with Gasteiger partial charge >= 0.3 is 12.2 Å². The number of alkyl halides is 3. The molecule has 4 rings (SSSR count). The molecule has 1 fully saturated rings. The quantitative estimate of drug-likeness (QED) is 0.564. The molecule has 0 saturated carbocycles. The summed E-state index contributed by atoms with van der Waals surface area (Å²) in [7, 11) is 0. The number of aromatic nitrogens is 5. The third kappa shape index (κ3) is 5.12. The number of fused-ring (bicyclic) bond motifs is 1. The molecule has 0 unspecified atom stereocenters. The van der Waals surface area contributed by atoms with Crippen LogP contribution in [0.2, 0.25) is 0 Å². The van der Waals surface area contributed by atoms with Crippen molar-refractivity contribution in [2.45, 2.75) is 64.7 Å². The summed E-state index contributed by atoms with van der Waals surface area (Å²) in [5.41, 5.74) is 8.87. The van der Waals surface area contributed by atoms with Crippen LogP contribution in [0.15, 0.2) is 18.5 Å². The molecule has 0 bridgehead atoms. The number of pyridine rings is 1. The van der Waals surface area contributed by atoms with E-state index in [2.05, 4.69) is 31.0 Å². The summed E-state index contributed by atoms with van der Waals surface area (Å²) in [6.07, 6.45) is 1.01. The zero-order chi connectivity index (χ0) is 23.6. The lowest BCUT2D eigenvalue weighted by Crippen LogP contribution is -2.35. The normalized spacial score (nSPS) is 15.7. The second-order valence-electron chi connectivity index (χ2n) is 8.41. The van der Waals surface area contributed by atoms with E-state index in [1.54, 1.807) is 13.1 Å². The van der Waals surface area contributed by atoms with Gasteiger partial charge in [-0.2, -0.15) is 18.2 Å². The fourth-order valence-corrected chi connectivity index (χ4v) is 4.15. The minimum Gasteiger partial charge on any atom is -0.449 e. The number of rotatable bonds is 7. The van der Waals surface area contributed by atoms with Crippen molar-refractivity contribution in [3.8, 4) is 6.01 Å². The van der Waals surface area contributed by atoms with Gasteiger partial charge < -0.3 is 15.4 Å². The smallest absolute Gasteiger partial charge is 0.425 e. The number of nitrogens with zero attached hydrogens (tertiary/aromatic N) is 6. The minimum atomic E-state index is -4.53. The van der Waals surface area contributed by atoms with E-state index >= 15 is 0 Å². The summed E-state index contributed by atoms with van der Waals surface area (Å²) in [6, 6.07) is 1.64. The molecule has 8 nitrogen and oxygen atoms in total. The molecule has 0 aromatic carbocycles. The van der Waals surface area contributed by atoms with Crippen LogP contribution in [0.25, 0.3) is 5.65 Å². The number of nitrogen functional groups attached to an aromatic ring is 1. The molecule has 0 radical (unpaired) electrons. The summed E-state index contributed by atoms with van der Waals surface area (Å²) >= 11 is 0. The maximum Gasteiger partial charge on any atom is 0.425 e. The van der Waals surface area contributed by atoms with Crippen LogP contribution < -0.4 is 15.4 Å². The van der Waals surface area contributed by atoms with Crippen LogP contribution >= 0.6 is 0 Å². The summed E-state index contributed by atoms with van der Waals surface area (Å²) in [5, 5.41) is 4.15. The van der Waals surface area contributed by atoms with Crippen molar-refractivity contribution in [2.75, 3.05) is 23.7 Å². The second kappa shape index (κ2) is 9.40. The van der Waals surface area contributed by atoms with E-state index in [1.165, 1.54) is 23.8 Å². The Hall–Kier alpha value is -3.11. The lowest BCUT2D eigenvalue weighted by molar-refractivity contribution is -0.198. The second-order valence-corrected chi connectivity index (χ2v) is 8.41. The number of hydrogen-bond acceptors (Lipinski definition) is 7. The van der Waals surface area contributed by atoms with Gasteiger partial charge in [0, 0.05) is 25.7 Å². The van der Waals surface area contributed by atoms with Gasteiger partial charge in [-0.3, -0.25) is 0 Å². The lowest BCUT2D eigenvalue weighted by Gasteiger charge is -2.29. The molecule has 11 heteroatoms. The average molecular weight is 464 g/mol. The third-order valence-electron chi connectivity index (χ3n) is 5.75. The molecule has 33 heavy (non-hydrogen) atoms. The molecule has 4 heterocycles. The van der Waals surface area contributed by atoms with E-state index in [0.717, 1.165) is 30.0 Å². The third-order valence-corrected chi connectivity index (χ3v) is 5.75. The lowest BCUT2D eigenvalue weighted by atomic mass is 10.1. The predicted molar refractivity (Wildman–Crippen MR) is 118 cm³/mol. The first-order valence-electron chi connectivity index (χ1n) is 11.2. The molecule has 0 spiro atoms. The van der Waals surface area contributed by atoms with Crippen molar-refractivity contribution in [1.29, 1.82) is 0 Å². The maximum atomic E-state index is 13.3. The highest BCUT2D eigenvalue weighted by Crippen LogP contribution is 2.28. The van der Waals surface area contributed by atoms with Gasteiger partial charge in [-0.25, -0.2) is 14.5 Å². The first-order valence-corrected chi connectivity index (χ1v) is 11.2. The molecule has 1 saturated heterocycles. The van der Waals surface area contributed by atoms with Crippen LogP contribution in [-0.4, -0.2) is 49.9 Å². The molecular formula is C22H28F3N7O. The number of piperidine rings is 1. The molecule has 2 N–H and O–H groups in total. The first kappa shape index (κ1) is 23.1. The van der Waals surface area contributed by atoms with E-state index in [4.69, 9.17) is 10.5 Å². The Bertz CT molecular complexity index is 1110. The van der Waals surface area contributed by atoms with Crippen LogP contribution in [0, 0.1) is 6.92 Å². The Morgan fingerprint density at radius 3 is 2.58 bits per heavy atom. The zero-order valence-corrected chi connectivity index (χ0v) is 18.8. The molecule has 3 aromatic rings. The topological polar surface area (TPSA) is 94.5 Å². The SMILES string of the molecule is CCC[C@@H](Oc1nc(N)c2ncc(Cc3cnc(N4CCCCC4)c(C)c3)n2n1)C(F)(F)F. The number of hydrogen-bond donors (Lipinski definition) is 1. The first-order chi connectivity index (χ1) is 15.8. The summed E-state index contributed by atoms with van der Waals surface area (Å²) in [4.78, 5) is 15.1. The average Bonchev–Trinajstić information content (AvgIpc) is 3.17. The van der Waals surface area contributed by atoms with Crippen LogP contribution in [0.3, 0.4) is 0 Å². The molecular weight excluding hydrogens is 435 g/mol. The van der Waals surface area contributed by atoms with Gasteiger partial charge in [0.15, 0.2) is 17.6 Å². The number of aryl methyl sites for hydroxylation is 1. The van der Waals surface area contributed by atoms with Crippen molar-refractivity contribution < 1.29 is 17.9 Å². The number of imidazole rings is 1. The zero-order valence-electron chi connectivity index (χ0n) is 18.8. The fourth-order valence-electron chi connectivity index (χ4n) is 4.15. The van der Waals surface area contributed by atoms with Gasteiger partial charge in [0.1, 0.15) is 5.82 Å². The van der Waals surface area contributed by atoms with Crippen molar-refractivity contribution in [1.82, 2.24) is 24.6 Å². The Balaban J connectivity index is 1.59. The van der Waals surface area contributed by atoms with Gasteiger partial charge in [-0.05, 0) is 43.7 Å². The van der Waals surface area contributed by atoms with E-state index < -0.39 is 18.3 Å². The van der Waals surface area contributed by atoms with Crippen LogP contribution in [0.4, 0.5) is 24.8 Å². The molecule has 1 aliphatic heterocycles. The Kier molecular flexibility index (Phi) is 6.57. The minimum absolute atomic E-state index is 0.0431. The van der Waals surface area contributed by atoms with Gasteiger partial charge in [-0.15, -0.1) is 5.10 Å². The summed E-state index contributed by atoms with van der Waals surface area (Å²) < 4.78 is 46.3. The number of anilines is 2. The molecule has 1 aliphatic rings. The van der Waals surface area contributed by atoms with E-state index in [9.17, 15) is 13.2 Å². The van der Waals surface area contributed by atoms with Crippen molar-refractivity contribution in [3.63, 3.8) is 0 Å². The van der Waals surface area contributed by atoms with Gasteiger partial charge in [0.2, 0.25) is 0 Å². The summed E-state index contributed by atoms with van der Waals surface area (Å²) in [5.74, 6) is 0.950. The van der Waals surface area contributed by atoms with Gasteiger partial charge in [0.05, 0.1) is 11.9 Å². The van der Waals surface area contributed by atoms with Crippen molar-refractivity contribution >= 4 is 17.3 Å². The van der Waals surface area contributed by atoms with E-state index in [0.29, 0.717) is 18.5 Å². The summed E-state index contributed by atoms with van der Waals surface area (Å²) in [6.45, 7) is 5.71. The molecule has 3 aromatic heterocycles. The Morgan fingerprint density at radius 1 is 1.15 bits per heavy atom. The number of halogens is 3. The van der Waals surface area contributed by atoms with E-state index in [-0.39, 0.29) is 17.9 Å². The van der Waals surface area contributed by atoms with Crippen LogP contribution in [-0.2, 0) is 6.42 Å². The maximum absolute atomic E-state index is 13.3. The largest absolute Gasteiger partial charge is 0.449 e. The van der Waals surface area contributed by atoms with E-state index in [1.807, 2.05) is 13.1 Å². The molecule has 0 amide bonds. The van der Waals surface area contributed by atoms with Crippen molar-refractivity contribution in [2.24, 2.45) is 0 Å². The monoisotopic (exact) mass is 463 g/mol. The Labute approximate surface area is 190 Å². The molecule has 0 aliphatic carbocycles. The highest BCUT2D eigenvalue weighted by Gasteiger charge is 2.41. The van der Waals surface area contributed by atoms with Gasteiger partial charge in [0.25, 0.3) is 0 Å². The molecule has 1 atom stereocenters. The van der Waals surface area contributed by atoms with Crippen LogP contribution in [0.5, 0.6) is 6.01 Å². The standard InChI is InChI=1S/C22H28F3N7O/c1-3-7-17(22(23,24)25)33-21-29-18(26)20-28-13-16(32(20)30-21)11-15-10-14(2)19(27-12-15)31-8-5-4-6-9-31/h10,12-13,17H,3-9,11H2,1-2H3,(H2,26,29,30)/t17-/m1/s1. The van der Waals surface area contributed by atoms with Crippen molar-refractivity contribution in [3.05, 3.63) is 35.3 Å². The predicted octanol–water partition coefficient (Wildman–Crippen LogP) is 4.10. The highest BCUT2D eigenvalue weighted by atomic mass is 19.4. The fraction of sp³-hybridized carbons (Fsp3) is 0.545. The number of nitrogens with two attached hydrogens (primary N) is 1. The van der Waals surface area contributed by atoms with Crippen LogP contribution in [0.1, 0.15) is 55.8 Å². The van der Waals surface area contributed by atoms with Gasteiger partial charge in [-0.1, -0.05) is 19.4 Å². The molecule has 178 valence electrons. The highest BCUT2D eigenvalue weighted by molar-refractivity contribution is 5.60. The Morgan fingerprint density at radius 2 is 1.91 bits per heavy atom.